The highest BCUT2D eigenvalue weighted by Gasteiger charge is 2.51. The molecule has 1 fully saturated rings. The number of hydrogen-bond donors (Lipinski definition) is 0. The topological polar surface area (TPSA) is 38.8 Å². The first-order chi connectivity index (χ1) is 10.0. The molecule has 0 N–H and O–H groups in total. The number of carbonyl (C=O) groups is 1. The number of carbonyl (C=O) groups excluding carboxylic acids is 1. The lowest BCUT2D eigenvalue weighted by atomic mass is 9.79. The molecule has 1 amide bonds. The summed E-state index contributed by atoms with van der Waals surface area (Å²) < 4.78 is 12.0. The minimum Gasteiger partial charge on any atom is -0.399 e. The second-order valence-corrected chi connectivity index (χ2v) is 6.82. The number of amides is 1. The first-order valence-electron chi connectivity index (χ1n) is 7.44. The smallest absolute Gasteiger partial charge is 0.399 e. The summed E-state index contributed by atoms with van der Waals surface area (Å²) in [7, 11) is 1.35. The monoisotopic (exact) mass is 301 g/mol. The Balaban J connectivity index is 2.17. The molecule has 5 heteroatoms. The highest BCUT2D eigenvalue weighted by molar-refractivity contribution is 6.62. The molecule has 1 aromatic rings. The van der Waals surface area contributed by atoms with Crippen LogP contribution in [0.5, 0.6) is 0 Å². The zero-order valence-corrected chi connectivity index (χ0v) is 14.3. The molecule has 0 aliphatic carbocycles. The second kappa shape index (κ2) is 5.56. The van der Waals surface area contributed by atoms with Crippen LogP contribution in [0.1, 0.15) is 34.6 Å². The molecule has 0 atom stereocenters. The number of benzene rings is 1. The molecule has 1 saturated heterocycles. The summed E-state index contributed by atoms with van der Waals surface area (Å²) in [4.78, 5) is 13.5. The summed E-state index contributed by atoms with van der Waals surface area (Å²) in [6.45, 7) is 13.5. The van der Waals surface area contributed by atoms with Gasteiger partial charge in [-0.15, -0.1) is 0 Å². The SMILES string of the molecule is C=C(C)C(=O)N(C)c1ccc(B2OC(C)(C)C(C)(C)O2)cc1. The molecule has 1 aromatic carbocycles. The van der Waals surface area contributed by atoms with Crippen molar-refractivity contribution in [2.24, 2.45) is 0 Å². The normalized spacial score (nSPS) is 19.1. The van der Waals surface area contributed by atoms with E-state index in [2.05, 4.69) is 6.58 Å². The zero-order valence-electron chi connectivity index (χ0n) is 14.3. The fourth-order valence-electron chi connectivity index (χ4n) is 2.24. The van der Waals surface area contributed by atoms with Crippen LogP contribution in [0, 0.1) is 0 Å². The third-order valence-electron chi connectivity index (χ3n) is 4.48. The van der Waals surface area contributed by atoms with Crippen molar-refractivity contribution in [3.05, 3.63) is 36.4 Å². The molecule has 4 nitrogen and oxygen atoms in total. The molecule has 0 radical (unpaired) electrons. The number of nitrogens with zero attached hydrogens (tertiary/aromatic N) is 1. The van der Waals surface area contributed by atoms with Gasteiger partial charge in [-0.05, 0) is 52.2 Å². The van der Waals surface area contributed by atoms with Gasteiger partial charge in [-0.2, -0.15) is 0 Å². The molecule has 2 rings (SSSR count). The van der Waals surface area contributed by atoms with Crippen LogP contribution in [0.4, 0.5) is 5.69 Å². The molecule has 0 aromatic heterocycles. The average molecular weight is 301 g/mol. The summed E-state index contributed by atoms with van der Waals surface area (Å²) in [6.07, 6.45) is 0. The Morgan fingerprint density at radius 1 is 1.09 bits per heavy atom. The van der Waals surface area contributed by atoms with Crippen molar-refractivity contribution >= 4 is 24.2 Å². The van der Waals surface area contributed by atoms with Crippen LogP contribution in [0.2, 0.25) is 0 Å². The van der Waals surface area contributed by atoms with Crippen molar-refractivity contribution in [1.82, 2.24) is 0 Å². The number of rotatable bonds is 3. The van der Waals surface area contributed by atoms with Crippen molar-refractivity contribution in [1.29, 1.82) is 0 Å². The Kier molecular flexibility index (Phi) is 4.24. The third kappa shape index (κ3) is 2.96. The number of anilines is 1. The lowest BCUT2D eigenvalue weighted by Crippen LogP contribution is -2.41. The third-order valence-corrected chi connectivity index (χ3v) is 4.48. The average Bonchev–Trinajstić information content (AvgIpc) is 2.66. The van der Waals surface area contributed by atoms with E-state index >= 15 is 0 Å². The zero-order chi connectivity index (χ0) is 16.7. The number of likely N-dealkylation sites (N-methyl/N-ethyl adjacent to an activating group) is 1. The van der Waals surface area contributed by atoms with Crippen LogP contribution in [0.25, 0.3) is 0 Å². The van der Waals surface area contributed by atoms with Crippen molar-refractivity contribution < 1.29 is 14.1 Å². The molecule has 0 spiro atoms. The van der Waals surface area contributed by atoms with Crippen LogP contribution in [0.15, 0.2) is 36.4 Å². The highest BCUT2D eigenvalue weighted by Crippen LogP contribution is 2.36. The summed E-state index contributed by atoms with van der Waals surface area (Å²) in [5, 5.41) is 0. The molecule has 1 heterocycles. The molecule has 22 heavy (non-hydrogen) atoms. The maximum absolute atomic E-state index is 11.9. The summed E-state index contributed by atoms with van der Waals surface area (Å²) in [5.41, 5.74) is 1.55. The van der Waals surface area contributed by atoms with Gasteiger partial charge in [0.15, 0.2) is 0 Å². The van der Waals surface area contributed by atoms with Gasteiger partial charge in [0.1, 0.15) is 0 Å². The fourth-order valence-corrected chi connectivity index (χ4v) is 2.24. The highest BCUT2D eigenvalue weighted by atomic mass is 16.7. The number of hydrogen-bond acceptors (Lipinski definition) is 3. The minimum atomic E-state index is -0.388. The van der Waals surface area contributed by atoms with Gasteiger partial charge < -0.3 is 14.2 Å². The standard InChI is InChI=1S/C17H24BNO3/c1-12(2)15(20)19(7)14-10-8-13(9-11-14)18-21-16(3,4)17(5,6)22-18/h8-11H,1H2,2-7H3. The summed E-state index contributed by atoms with van der Waals surface area (Å²) in [6, 6.07) is 7.64. The Morgan fingerprint density at radius 2 is 1.55 bits per heavy atom. The van der Waals surface area contributed by atoms with E-state index in [1.54, 1.807) is 18.9 Å². The van der Waals surface area contributed by atoms with Gasteiger partial charge in [0.25, 0.3) is 5.91 Å². The minimum absolute atomic E-state index is 0.0941. The molecule has 118 valence electrons. The molecular formula is C17H24BNO3. The molecule has 0 unspecified atom stereocenters. The Bertz CT molecular complexity index is 576. The van der Waals surface area contributed by atoms with Crippen LogP contribution >= 0.6 is 0 Å². The molecule has 1 aliphatic heterocycles. The van der Waals surface area contributed by atoms with E-state index in [1.165, 1.54) is 0 Å². The van der Waals surface area contributed by atoms with E-state index in [1.807, 2.05) is 52.0 Å². The quantitative estimate of drug-likeness (QED) is 0.636. The van der Waals surface area contributed by atoms with Gasteiger partial charge in [0.05, 0.1) is 11.2 Å². The first-order valence-corrected chi connectivity index (χ1v) is 7.44. The lowest BCUT2D eigenvalue weighted by molar-refractivity contribution is -0.114. The van der Waals surface area contributed by atoms with E-state index in [0.29, 0.717) is 5.57 Å². The largest absolute Gasteiger partial charge is 0.494 e. The first kappa shape index (κ1) is 16.8. The van der Waals surface area contributed by atoms with Crippen LogP contribution in [-0.2, 0) is 14.1 Å². The maximum atomic E-state index is 11.9. The van der Waals surface area contributed by atoms with Gasteiger partial charge in [0.2, 0.25) is 0 Å². The van der Waals surface area contributed by atoms with Crippen LogP contribution in [0.3, 0.4) is 0 Å². The predicted molar refractivity (Wildman–Crippen MR) is 90.4 cm³/mol. The van der Waals surface area contributed by atoms with E-state index in [0.717, 1.165) is 11.2 Å². The van der Waals surface area contributed by atoms with Crippen LogP contribution in [-0.4, -0.2) is 31.3 Å². The van der Waals surface area contributed by atoms with E-state index < -0.39 is 0 Å². The van der Waals surface area contributed by atoms with Crippen molar-refractivity contribution in [2.45, 2.75) is 45.8 Å². The van der Waals surface area contributed by atoms with E-state index in [4.69, 9.17) is 9.31 Å². The van der Waals surface area contributed by atoms with Gasteiger partial charge in [-0.1, -0.05) is 18.7 Å². The van der Waals surface area contributed by atoms with E-state index in [9.17, 15) is 4.79 Å². The van der Waals surface area contributed by atoms with Crippen molar-refractivity contribution in [2.75, 3.05) is 11.9 Å². The van der Waals surface area contributed by atoms with Gasteiger partial charge in [0, 0.05) is 18.3 Å². The fraction of sp³-hybridized carbons (Fsp3) is 0.471. The lowest BCUT2D eigenvalue weighted by Gasteiger charge is -2.32. The summed E-state index contributed by atoms with van der Waals surface area (Å²) in [5.74, 6) is -0.0941. The van der Waals surface area contributed by atoms with Crippen LogP contribution < -0.4 is 10.4 Å². The van der Waals surface area contributed by atoms with Crippen molar-refractivity contribution in [3.63, 3.8) is 0 Å². The molecule has 0 bridgehead atoms. The Labute approximate surface area is 133 Å². The van der Waals surface area contributed by atoms with E-state index in [-0.39, 0.29) is 24.2 Å². The van der Waals surface area contributed by atoms with Gasteiger partial charge in [-0.3, -0.25) is 4.79 Å². The maximum Gasteiger partial charge on any atom is 0.494 e. The predicted octanol–water partition coefficient (Wildman–Crippen LogP) is 2.52. The van der Waals surface area contributed by atoms with Gasteiger partial charge >= 0.3 is 7.12 Å². The summed E-state index contributed by atoms with van der Waals surface area (Å²) >= 11 is 0. The van der Waals surface area contributed by atoms with Gasteiger partial charge in [-0.25, -0.2) is 0 Å². The van der Waals surface area contributed by atoms with Crippen molar-refractivity contribution in [3.8, 4) is 0 Å². The molecular weight excluding hydrogens is 277 g/mol. The Hall–Kier alpha value is -1.59. The molecule has 1 aliphatic rings. The molecule has 0 saturated carbocycles. The second-order valence-electron chi connectivity index (χ2n) is 6.82. The Morgan fingerprint density at radius 3 is 1.95 bits per heavy atom.